The minimum Gasteiger partial charge on any atom is -0.434 e. The number of hydrogen-bond acceptors (Lipinski definition) is 5. The lowest BCUT2D eigenvalue weighted by atomic mass is 10.2. The highest BCUT2D eigenvalue weighted by atomic mass is 19.3. The lowest BCUT2D eigenvalue weighted by Crippen LogP contribution is -2.26. The highest BCUT2D eigenvalue weighted by Gasteiger charge is 2.14. The molecule has 0 aliphatic heterocycles. The molecule has 1 amide bonds. The third-order valence-corrected chi connectivity index (χ3v) is 3.17. The molecule has 0 saturated heterocycles. The van der Waals surface area contributed by atoms with Gasteiger partial charge in [0.1, 0.15) is 5.75 Å². The molecular weight excluding hydrogens is 344 g/mol. The minimum absolute atomic E-state index is 0.0553. The number of nitrogens with one attached hydrogen (secondary N) is 1. The molecule has 134 valence electrons. The fourth-order valence-corrected chi connectivity index (χ4v) is 1.93. The number of oxime groups is 1. The molecule has 0 radical (unpaired) electrons. The second kappa shape index (κ2) is 9.13. The number of nitrogens with zero attached hydrogens (tertiary/aromatic N) is 2. The highest BCUT2D eigenvalue weighted by molar-refractivity contribution is 5.94. The van der Waals surface area contributed by atoms with Crippen LogP contribution in [0.1, 0.15) is 18.1 Å². The summed E-state index contributed by atoms with van der Waals surface area (Å²) < 4.78 is 29.1. The van der Waals surface area contributed by atoms with Gasteiger partial charge in [0.2, 0.25) is 6.10 Å². The topological polar surface area (TPSA) is 83.7 Å². The van der Waals surface area contributed by atoms with Crippen molar-refractivity contribution in [1.29, 1.82) is 5.26 Å². The molecule has 0 heterocycles. The van der Waals surface area contributed by atoms with Gasteiger partial charge in [-0.3, -0.25) is 4.79 Å². The maximum Gasteiger partial charge on any atom is 0.387 e. The summed E-state index contributed by atoms with van der Waals surface area (Å²) >= 11 is 0. The normalized spacial score (nSPS) is 11.8. The van der Waals surface area contributed by atoms with Crippen molar-refractivity contribution in [3.63, 3.8) is 0 Å². The summed E-state index contributed by atoms with van der Waals surface area (Å²) in [6.45, 7) is -1.48. The van der Waals surface area contributed by atoms with Crippen LogP contribution in [0.5, 0.6) is 5.75 Å². The molecule has 0 fully saturated rings. The Labute approximate surface area is 148 Å². The lowest BCUT2D eigenvalue weighted by molar-refractivity contribution is -0.126. The smallest absolute Gasteiger partial charge is 0.387 e. The van der Waals surface area contributed by atoms with Crippen molar-refractivity contribution in [2.75, 3.05) is 5.32 Å². The fourth-order valence-electron chi connectivity index (χ4n) is 1.93. The molecule has 0 aliphatic rings. The Kier molecular flexibility index (Phi) is 6.62. The minimum atomic E-state index is -2.96. The number of rotatable bonds is 7. The zero-order valence-electron chi connectivity index (χ0n) is 13.7. The molecule has 0 bridgehead atoms. The average molecular weight is 359 g/mol. The predicted octanol–water partition coefficient (Wildman–Crippen LogP) is 3.54. The van der Waals surface area contributed by atoms with E-state index in [1.54, 1.807) is 30.3 Å². The molecule has 0 spiro atoms. The first kappa shape index (κ1) is 18.9. The molecule has 0 saturated carbocycles. The van der Waals surface area contributed by atoms with Gasteiger partial charge in [0.05, 0.1) is 17.8 Å². The summed E-state index contributed by atoms with van der Waals surface area (Å²) in [5.74, 6) is -0.533. The van der Waals surface area contributed by atoms with E-state index in [2.05, 4.69) is 15.2 Å². The van der Waals surface area contributed by atoms with Crippen molar-refractivity contribution in [3.05, 3.63) is 59.7 Å². The largest absolute Gasteiger partial charge is 0.434 e. The SMILES string of the molecule is CC(O/N=C/c1ccccc1OC(F)F)C(=O)Nc1cccc(C#N)c1. The monoisotopic (exact) mass is 359 g/mol. The Morgan fingerprint density at radius 1 is 1.27 bits per heavy atom. The zero-order valence-corrected chi connectivity index (χ0v) is 13.7. The molecule has 26 heavy (non-hydrogen) atoms. The number of nitriles is 1. The van der Waals surface area contributed by atoms with E-state index < -0.39 is 18.6 Å². The van der Waals surface area contributed by atoms with Crippen LogP contribution in [-0.2, 0) is 9.63 Å². The summed E-state index contributed by atoms with van der Waals surface area (Å²) in [6, 6.07) is 14.4. The summed E-state index contributed by atoms with van der Waals surface area (Å²) in [7, 11) is 0. The number of carbonyl (C=O) groups excluding carboxylic acids is 1. The van der Waals surface area contributed by atoms with Gasteiger partial charge in [-0.15, -0.1) is 0 Å². The van der Waals surface area contributed by atoms with Gasteiger partial charge in [-0.05, 0) is 37.3 Å². The number of para-hydroxylation sites is 1. The van der Waals surface area contributed by atoms with Gasteiger partial charge < -0.3 is 14.9 Å². The van der Waals surface area contributed by atoms with Crippen LogP contribution in [0.25, 0.3) is 0 Å². The Morgan fingerprint density at radius 3 is 2.77 bits per heavy atom. The van der Waals surface area contributed by atoms with Gasteiger partial charge in [-0.1, -0.05) is 23.4 Å². The number of carbonyl (C=O) groups is 1. The van der Waals surface area contributed by atoms with E-state index in [4.69, 9.17) is 10.1 Å². The number of ether oxygens (including phenoxy) is 1. The van der Waals surface area contributed by atoms with E-state index in [9.17, 15) is 13.6 Å². The average Bonchev–Trinajstić information content (AvgIpc) is 2.62. The summed E-state index contributed by atoms with van der Waals surface area (Å²) in [4.78, 5) is 17.1. The van der Waals surface area contributed by atoms with Crippen LogP contribution in [0.3, 0.4) is 0 Å². The van der Waals surface area contributed by atoms with E-state index in [0.717, 1.165) is 0 Å². The van der Waals surface area contributed by atoms with Crippen molar-refractivity contribution in [2.45, 2.75) is 19.6 Å². The van der Waals surface area contributed by atoms with Crippen molar-refractivity contribution in [3.8, 4) is 11.8 Å². The van der Waals surface area contributed by atoms with Crippen molar-refractivity contribution >= 4 is 17.8 Å². The van der Waals surface area contributed by atoms with Crippen LogP contribution >= 0.6 is 0 Å². The Bertz CT molecular complexity index is 834. The van der Waals surface area contributed by atoms with Gasteiger partial charge in [-0.2, -0.15) is 14.0 Å². The molecule has 0 aromatic heterocycles. The lowest BCUT2D eigenvalue weighted by Gasteiger charge is -2.11. The van der Waals surface area contributed by atoms with Crippen molar-refractivity contribution in [1.82, 2.24) is 0 Å². The Hall–Kier alpha value is -3.47. The summed E-state index contributed by atoms with van der Waals surface area (Å²) in [5.41, 5.74) is 1.14. The molecule has 1 atom stereocenters. The third kappa shape index (κ3) is 5.56. The van der Waals surface area contributed by atoms with E-state index in [-0.39, 0.29) is 11.3 Å². The van der Waals surface area contributed by atoms with Gasteiger partial charge in [-0.25, -0.2) is 0 Å². The van der Waals surface area contributed by atoms with Crippen LogP contribution in [-0.4, -0.2) is 24.8 Å². The van der Waals surface area contributed by atoms with Crippen molar-refractivity contribution in [2.24, 2.45) is 5.16 Å². The first-order valence-electron chi connectivity index (χ1n) is 7.53. The summed E-state index contributed by atoms with van der Waals surface area (Å²) in [5, 5.41) is 15.1. The number of alkyl halides is 2. The van der Waals surface area contributed by atoms with E-state index in [1.807, 2.05) is 6.07 Å². The second-order valence-electron chi connectivity index (χ2n) is 5.08. The third-order valence-electron chi connectivity index (χ3n) is 3.17. The maximum atomic E-state index is 12.3. The Balaban J connectivity index is 1.95. The van der Waals surface area contributed by atoms with E-state index in [0.29, 0.717) is 11.3 Å². The van der Waals surface area contributed by atoms with Crippen LogP contribution in [0.4, 0.5) is 14.5 Å². The zero-order chi connectivity index (χ0) is 18.9. The number of anilines is 1. The quantitative estimate of drug-likeness (QED) is 0.605. The number of amides is 1. The van der Waals surface area contributed by atoms with Gasteiger partial charge in [0, 0.05) is 11.3 Å². The van der Waals surface area contributed by atoms with Crippen molar-refractivity contribution < 1.29 is 23.1 Å². The van der Waals surface area contributed by atoms with Gasteiger partial charge in [0.15, 0.2) is 0 Å². The number of hydrogen-bond donors (Lipinski definition) is 1. The maximum absolute atomic E-state index is 12.3. The molecule has 1 N–H and O–H groups in total. The molecule has 6 nitrogen and oxygen atoms in total. The van der Waals surface area contributed by atoms with Crippen LogP contribution < -0.4 is 10.1 Å². The molecule has 2 aromatic rings. The van der Waals surface area contributed by atoms with Gasteiger partial charge >= 0.3 is 6.61 Å². The van der Waals surface area contributed by atoms with Gasteiger partial charge in [0.25, 0.3) is 5.91 Å². The Morgan fingerprint density at radius 2 is 2.04 bits per heavy atom. The molecule has 1 unspecified atom stereocenters. The fraction of sp³-hybridized carbons (Fsp3) is 0.167. The van der Waals surface area contributed by atoms with Crippen LogP contribution in [0, 0.1) is 11.3 Å². The highest BCUT2D eigenvalue weighted by Crippen LogP contribution is 2.18. The molecule has 8 heteroatoms. The first-order chi connectivity index (χ1) is 12.5. The molecule has 0 aliphatic carbocycles. The number of halogens is 2. The van der Waals surface area contributed by atoms with Crippen LogP contribution in [0.2, 0.25) is 0 Å². The summed E-state index contributed by atoms with van der Waals surface area (Å²) in [6.07, 6.45) is 0.234. The van der Waals surface area contributed by atoms with E-state index in [1.165, 1.54) is 31.3 Å². The molecule has 2 aromatic carbocycles. The molecule has 2 rings (SSSR count). The predicted molar refractivity (Wildman–Crippen MR) is 91.0 cm³/mol. The van der Waals surface area contributed by atoms with Crippen LogP contribution in [0.15, 0.2) is 53.7 Å². The number of benzene rings is 2. The first-order valence-corrected chi connectivity index (χ1v) is 7.53. The van der Waals surface area contributed by atoms with E-state index >= 15 is 0 Å². The second-order valence-corrected chi connectivity index (χ2v) is 5.08. The molecular formula is C18H15F2N3O3. The standard InChI is InChI=1S/C18H15F2N3O3/c1-12(17(24)23-15-7-4-5-13(9-15)10-21)26-22-11-14-6-2-3-8-16(14)25-18(19)20/h2-9,11-12,18H,1H3,(H,23,24)/b22-11+.